The second-order valence-corrected chi connectivity index (χ2v) is 7.61. The summed E-state index contributed by atoms with van der Waals surface area (Å²) in [6.07, 6.45) is 1.02. The summed E-state index contributed by atoms with van der Waals surface area (Å²) in [7, 11) is 0. The van der Waals surface area contributed by atoms with Gasteiger partial charge in [0.1, 0.15) is 11.6 Å². The van der Waals surface area contributed by atoms with Crippen molar-refractivity contribution in [3.8, 4) is 11.3 Å². The number of thiazole rings is 1. The Morgan fingerprint density at radius 1 is 1.11 bits per heavy atom. The molecule has 27 heavy (non-hydrogen) atoms. The first-order valence-corrected chi connectivity index (χ1v) is 9.93. The van der Waals surface area contributed by atoms with Gasteiger partial charge in [0.2, 0.25) is 0 Å². The molecule has 5 nitrogen and oxygen atoms in total. The maximum atomic E-state index is 4.65. The van der Waals surface area contributed by atoms with Gasteiger partial charge in [-0.2, -0.15) is 0 Å². The molecule has 0 bridgehead atoms. The zero-order valence-corrected chi connectivity index (χ0v) is 15.8. The molecule has 1 aliphatic heterocycles. The summed E-state index contributed by atoms with van der Waals surface area (Å²) in [6.45, 7) is 2.89. The Morgan fingerprint density at radius 3 is 3.00 bits per heavy atom. The number of hydrogen-bond donors (Lipinski definition) is 2. The fourth-order valence-electron chi connectivity index (χ4n) is 3.60. The van der Waals surface area contributed by atoms with Gasteiger partial charge >= 0.3 is 0 Å². The van der Waals surface area contributed by atoms with Gasteiger partial charge in [-0.25, -0.2) is 15.0 Å². The molecular weight excluding hydrogens is 354 g/mol. The number of para-hydroxylation sites is 1. The summed E-state index contributed by atoms with van der Waals surface area (Å²) in [5.74, 6) is 1.63. The standard InChI is InChI=1S/C21H19N5S/c1-13-24-19(14-6-7-18-20(10-14)27-12-23-18)11-21(25-13)26-17-8-9-22-16-5-3-2-4-15(16)17/h2-7,10-12,17,22H,8-9H2,1H3,(H,24,25,26). The van der Waals surface area contributed by atoms with E-state index in [0.717, 1.165) is 41.4 Å². The van der Waals surface area contributed by atoms with E-state index in [1.165, 1.54) is 16.0 Å². The van der Waals surface area contributed by atoms with Crippen LogP contribution in [0, 0.1) is 6.92 Å². The third-order valence-corrected chi connectivity index (χ3v) is 5.66. The first kappa shape index (κ1) is 16.2. The molecule has 2 N–H and O–H groups in total. The molecule has 0 saturated heterocycles. The number of nitrogens with zero attached hydrogens (tertiary/aromatic N) is 3. The Balaban J connectivity index is 1.49. The molecule has 1 atom stereocenters. The van der Waals surface area contributed by atoms with Crippen molar-refractivity contribution in [1.29, 1.82) is 0 Å². The quantitative estimate of drug-likeness (QED) is 0.527. The van der Waals surface area contributed by atoms with Gasteiger partial charge in [0, 0.05) is 23.9 Å². The minimum absolute atomic E-state index is 0.244. The number of aryl methyl sites for hydroxylation is 1. The molecule has 0 spiro atoms. The van der Waals surface area contributed by atoms with Gasteiger partial charge in [0.15, 0.2) is 0 Å². The van der Waals surface area contributed by atoms with E-state index in [9.17, 15) is 0 Å². The first-order chi connectivity index (χ1) is 13.3. The van der Waals surface area contributed by atoms with Crippen molar-refractivity contribution in [2.75, 3.05) is 17.2 Å². The molecule has 0 aliphatic carbocycles. The molecular formula is C21H19N5S. The Morgan fingerprint density at radius 2 is 2.04 bits per heavy atom. The van der Waals surface area contributed by atoms with E-state index >= 15 is 0 Å². The van der Waals surface area contributed by atoms with Crippen molar-refractivity contribution in [2.45, 2.75) is 19.4 Å². The van der Waals surface area contributed by atoms with Gasteiger partial charge in [0.05, 0.1) is 27.5 Å². The molecule has 3 heterocycles. The molecule has 0 radical (unpaired) electrons. The Hall–Kier alpha value is -2.99. The van der Waals surface area contributed by atoms with Gasteiger partial charge in [-0.05, 0) is 37.1 Å². The van der Waals surface area contributed by atoms with E-state index in [0.29, 0.717) is 0 Å². The number of anilines is 2. The molecule has 134 valence electrons. The van der Waals surface area contributed by atoms with Crippen molar-refractivity contribution in [1.82, 2.24) is 15.0 Å². The summed E-state index contributed by atoms with van der Waals surface area (Å²) in [6, 6.07) is 17.0. The van der Waals surface area contributed by atoms with Crippen LogP contribution >= 0.6 is 11.3 Å². The van der Waals surface area contributed by atoms with E-state index in [1.807, 2.05) is 18.5 Å². The number of nitrogens with one attached hydrogen (secondary N) is 2. The van der Waals surface area contributed by atoms with Crippen LogP contribution in [0.4, 0.5) is 11.5 Å². The van der Waals surface area contributed by atoms with Crippen LogP contribution in [0.25, 0.3) is 21.5 Å². The van der Waals surface area contributed by atoms with Crippen molar-refractivity contribution in [2.24, 2.45) is 0 Å². The van der Waals surface area contributed by atoms with E-state index in [1.54, 1.807) is 11.3 Å². The SMILES string of the molecule is Cc1nc(NC2CCNc3ccccc32)cc(-c2ccc3ncsc3c2)n1. The summed E-state index contributed by atoms with van der Waals surface area (Å²) in [5.41, 5.74) is 7.41. The number of benzene rings is 2. The summed E-state index contributed by atoms with van der Waals surface area (Å²) >= 11 is 1.65. The molecule has 2 aromatic heterocycles. The van der Waals surface area contributed by atoms with Gasteiger partial charge in [-0.1, -0.05) is 24.3 Å². The Bertz CT molecular complexity index is 1120. The summed E-state index contributed by atoms with van der Waals surface area (Å²) < 4.78 is 1.17. The van der Waals surface area contributed by atoms with E-state index < -0.39 is 0 Å². The smallest absolute Gasteiger partial charge is 0.130 e. The third-order valence-electron chi connectivity index (χ3n) is 4.87. The largest absolute Gasteiger partial charge is 0.385 e. The average molecular weight is 373 g/mol. The molecule has 2 aromatic carbocycles. The van der Waals surface area contributed by atoms with Crippen LogP contribution in [-0.2, 0) is 0 Å². The average Bonchev–Trinajstić information content (AvgIpc) is 3.16. The van der Waals surface area contributed by atoms with E-state index in [-0.39, 0.29) is 6.04 Å². The lowest BCUT2D eigenvalue weighted by Crippen LogP contribution is -2.22. The molecule has 4 aromatic rings. The number of rotatable bonds is 3. The van der Waals surface area contributed by atoms with Gasteiger partial charge in [0.25, 0.3) is 0 Å². The highest BCUT2D eigenvalue weighted by Crippen LogP contribution is 2.33. The molecule has 1 unspecified atom stereocenters. The zero-order valence-electron chi connectivity index (χ0n) is 14.9. The molecule has 1 aliphatic rings. The lowest BCUT2D eigenvalue weighted by atomic mass is 9.98. The minimum Gasteiger partial charge on any atom is -0.385 e. The number of aromatic nitrogens is 3. The zero-order chi connectivity index (χ0) is 18.2. The normalized spacial score (nSPS) is 16.0. The van der Waals surface area contributed by atoms with Crippen LogP contribution in [0.3, 0.4) is 0 Å². The molecule has 0 saturated carbocycles. The fraction of sp³-hybridized carbons (Fsp3) is 0.190. The maximum absolute atomic E-state index is 4.65. The number of fused-ring (bicyclic) bond motifs is 2. The van der Waals surface area contributed by atoms with Gasteiger partial charge in [-0.3, -0.25) is 0 Å². The second kappa shape index (κ2) is 6.63. The monoisotopic (exact) mass is 373 g/mol. The molecule has 0 amide bonds. The van der Waals surface area contributed by atoms with Crippen LogP contribution in [-0.4, -0.2) is 21.5 Å². The van der Waals surface area contributed by atoms with Gasteiger partial charge < -0.3 is 10.6 Å². The van der Waals surface area contributed by atoms with E-state index in [2.05, 4.69) is 68.1 Å². The number of hydrogen-bond acceptors (Lipinski definition) is 6. The second-order valence-electron chi connectivity index (χ2n) is 6.72. The van der Waals surface area contributed by atoms with Crippen LogP contribution in [0.15, 0.2) is 54.0 Å². The van der Waals surface area contributed by atoms with Crippen LogP contribution < -0.4 is 10.6 Å². The lowest BCUT2D eigenvalue weighted by molar-refractivity contribution is 0.693. The van der Waals surface area contributed by atoms with Crippen molar-refractivity contribution in [3.63, 3.8) is 0 Å². The Kier molecular flexibility index (Phi) is 3.98. The van der Waals surface area contributed by atoms with Crippen molar-refractivity contribution in [3.05, 3.63) is 65.4 Å². The van der Waals surface area contributed by atoms with Crippen molar-refractivity contribution < 1.29 is 0 Å². The lowest BCUT2D eigenvalue weighted by Gasteiger charge is -2.28. The highest BCUT2D eigenvalue weighted by atomic mass is 32.1. The van der Waals surface area contributed by atoms with Gasteiger partial charge in [-0.15, -0.1) is 11.3 Å². The highest BCUT2D eigenvalue weighted by Gasteiger charge is 2.20. The van der Waals surface area contributed by atoms with Crippen molar-refractivity contribution >= 4 is 33.1 Å². The Labute approximate surface area is 161 Å². The fourth-order valence-corrected chi connectivity index (χ4v) is 4.32. The first-order valence-electron chi connectivity index (χ1n) is 9.05. The van der Waals surface area contributed by atoms with E-state index in [4.69, 9.17) is 0 Å². The third kappa shape index (κ3) is 3.13. The van der Waals surface area contributed by atoms with Crippen LogP contribution in [0.5, 0.6) is 0 Å². The summed E-state index contributed by atoms with van der Waals surface area (Å²) in [4.78, 5) is 13.6. The van der Waals surface area contributed by atoms with Crippen LogP contribution in [0.2, 0.25) is 0 Å². The minimum atomic E-state index is 0.244. The maximum Gasteiger partial charge on any atom is 0.130 e. The molecule has 5 rings (SSSR count). The predicted molar refractivity (Wildman–Crippen MR) is 111 cm³/mol. The predicted octanol–water partition coefficient (Wildman–Crippen LogP) is 5.03. The molecule has 6 heteroatoms. The summed E-state index contributed by atoms with van der Waals surface area (Å²) in [5, 5.41) is 7.08. The van der Waals surface area contributed by atoms with Crippen LogP contribution in [0.1, 0.15) is 23.9 Å². The molecule has 0 fully saturated rings. The topological polar surface area (TPSA) is 62.7 Å². The highest BCUT2D eigenvalue weighted by molar-refractivity contribution is 7.16.